The first-order chi connectivity index (χ1) is 15.1. The molecule has 4 aliphatic rings. The van der Waals surface area contributed by atoms with Crippen LogP contribution < -0.4 is 0 Å². The SMILES string of the molecule is CCCC(C)N1CC=C[C@]23S[C@@]4(C)C=CCN(C)C(=O)[C@H]4[C@H]2C(=O)N([C@H](C)CO)C3C1=O. The zero-order valence-corrected chi connectivity index (χ0v) is 20.5. The van der Waals surface area contributed by atoms with Gasteiger partial charge in [-0.15, -0.1) is 11.8 Å². The molecule has 0 bridgehead atoms. The molecule has 0 aromatic rings. The van der Waals surface area contributed by atoms with Gasteiger partial charge in [0.15, 0.2) is 0 Å². The number of aliphatic hydroxyl groups is 1. The Labute approximate surface area is 194 Å². The summed E-state index contributed by atoms with van der Waals surface area (Å²) in [5.41, 5.74) is 0. The third kappa shape index (κ3) is 3.16. The molecule has 4 heterocycles. The molecule has 7 atom stereocenters. The topological polar surface area (TPSA) is 81.2 Å². The molecule has 176 valence electrons. The van der Waals surface area contributed by atoms with E-state index in [1.807, 2.05) is 30.1 Å². The average molecular weight is 462 g/mol. The number of rotatable bonds is 5. The van der Waals surface area contributed by atoms with Crippen LogP contribution in [0.2, 0.25) is 0 Å². The van der Waals surface area contributed by atoms with Crippen LogP contribution in [0.15, 0.2) is 24.3 Å². The number of hydrogen-bond acceptors (Lipinski definition) is 5. The van der Waals surface area contributed by atoms with Gasteiger partial charge in [0, 0.05) is 30.9 Å². The minimum atomic E-state index is -0.837. The monoisotopic (exact) mass is 461 g/mol. The first-order valence-electron chi connectivity index (χ1n) is 11.7. The number of nitrogens with zero attached hydrogens (tertiary/aromatic N) is 3. The van der Waals surface area contributed by atoms with Crippen molar-refractivity contribution in [2.24, 2.45) is 11.8 Å². The second-order valence-electron chi connectivity index (χ2n) is 9.93. The van der Waals surface area contributed by atoms with Crippen molar-refractivity contribution in [3.8, 4) is 0 Å². The van der Waals surface area contributed by atoms with Crippen LogP contribution in [-0.4, -0.2) is 91.9 Å². The molecule has 1 N–H and O–H groups in total. The summed E-state index contributed by atoms with van der Waals surface area (Å²) >= 11 is 1.58. The van der Waals surface area contributed by atoms with E-state index in [0.29, 0.717) is 13.1 Å². The maximum absolute atomic E-state index is 14.1. The Morgan fingerprint density at radius 2 is 1.75 bits per heavy atom. The fraction of sp³-hybridized carbons (Fsp3) is 0.708. The lowest BCUT2D eigenvalue weighted by molar-refractivity contribution is -0.147. The number of fused-ring (bicyclic) bond motifs is 2. The van der Waals surface area contributed by atoms with Crippen molar-refractivity contribution in [1.82, 2.24) is 14.7 Å². The largest absolute Gasteiger partial charge is 0.394 e. The molecule has 32 heavy (non-hydrogen) atoms. The van der Waals surface area contributed by atoms with Gasteiger partial charge in [-0.3, -0.25) is 14.4 Å². The van der Waals surface area contributed by atoms with E-state index in [1.54, 1.807) is 35.5 Å². The van der Waals surface area contributed by atoms with Crippen molar-refractivity contribution in [1.29, 1.82) is 0 Å². The third-order valence-corrected chi connectivity index (χ3v) is 9.50. The molecule has 3 amide bonds. The van der Waals surface area contributed by atoms with Crippen molar-refractivity contribution in [3.63, 3.8) is 0 Å². The van der Waals surface area contributed by atoms with Crippen molar-refractivity contribution in [2.75, 3.05) is 26.7 Å². The Morgan fingerprint density at radius 1 is 1.06 bits per heavy atom. The second kappa shape index (κ2) is 8.20. The van der Waals surface area contributed by atoms with Gasteiger partial charge < -0.3 is 19.8 Å². The van der Waals surface area contributed by atoms with Gasteiger partial charge >= 0.3 is 0 Å². The van der Waals surface area contributed by atoms with Gasteiger partial charge in [-0.25, -0.2) is 0 Å². The fourth-order valence-corrected chi connectivity index (χ4v) is 8.28. The van der Waals surface area contributed by atoms with Gasteiger partial charge in [-0.1, -0.05) is 37.6 Å². The van der Waals surface area contributed by atoms with E-state index in [4.69, 9.17) is 0 Å². The molecule has 2 unspecified atom stereocenters. The van der Waals surface area contributed by atoms with E-state index < -0.39 is 33.4 Å². The zero-order chi connectivity index (χ0) is 23.4. The highest BCUT2D eigenvalue weighted by Crippen LogP contribution is 2.65. The predicted octanol–water partition coefficient (Wildman–Crippen LogP) is 1.67. The molecule has 2 fully saturated rings. The lowest BCUT2D eigenvalue weighted by Gasteiger charge is -2.40. The predicted molar refractivity (Wildman–Crippen MR) is 125 cm³/mol. The molecule has 2 saturated heterocycles. The van der Waals surface area contributed by atoms with Crippen LogP contribution in [0.1, 0.15) is 40.5 Å². The molecule has 4 aliphatic heterocycles. The molecular formula is C24H35N3O4S. The number of likely N-dealkylation sites (tertiary alicyclic amines) is 1. The molecule has 8 heteroatoms. The molecule has 0 aliphatic carbocycles. The molecule has 4 rings (SSSR count). The van der Waals surface area contributed by atoms with Gasteiger partial charge in [0.25, 0.3) is 0 Å². The summed E-state index contributed by atoms with van der Waals surface area (Å²) in [4.78, 5) is 46.7. The summed E-state index contributed by atoms with van der Waals surface area (Å²) in [6.07, 6.45) is 9.94. The molecule has 0 aromatic carbocycles. The van der Waals surface area contributed by atoms with E-state index >= 15 is 0 Å². The molecule has 1 spiro atoms. The number of carbonyl (C=O) groups is 3. The molecular weight excluding hydrogens is 426 g/mol. The summed E-state index contributed by atoms with van der Waals surface area (Å²) < 4.78 is -1.42. The lowest BCUT2D eigenvalue weighted by Crippen LogP contribution is -2.57. The second-order valence-corrected chi connectivity index (χ2v) is 11.7. The summed E-state index contributed by atoms with van der Waals surface area (Å²) in [6.45, 7) is 8.72. The zero-order valence-electron chi connectivity index (χ0n) is 19.7. The first kappa shape index (κ1) is 23.4. The number of amides is 3. The van der Waals surface area contributed by atoms with Crippen LogP contribution in [0.25, 0.3) is 0 Å². The van der Waals surface area contributed by atoms with Crippen LogP contribution in [0, 0.1) is 11.8 Å². The summed E-state index contributed by atoms with van der Waals surface area (Å²) in [6, 6.07) is -1.19. The number of carbonyl (C=O) groups excluding carboxylic acids is 3. The smallest absolute Gasteiger partial charge is 0.247 e. The van der Waals surface area contributed by atoms with Crippen LogP contribution >= 0.6 is 11.8 Å². The minimum Gasteiger partial charge on any atom is -0.394 e. The summed E-state index contributed by atoms with van der Waals surface area (Å²) in [5, 5.41) is 9.97. The van der Waals surface area contributed by atoms with E-state index in [0.717, 1.165) is 12.8 Å². The quantitative estimate of drug-likeness (QED) is 0.630. The van der Waals surface area contributed by atoms with Crippen LogP contribution in [0.4, 0.5) is 0 Å². The van der Waals surface area contributed by atoms with Crippen molar-refractivity contribution in [2.45, 2.75) is 68.2 Å². The highest BCUT2D eigenvalue weighted by molar-refractivity contribution is 8.02. The normalized spacial score (nSPS) is 38.4. The third-order valence-electron chi connectivity index (χ3n) is 7.71. The van der Waals surface area contributed by atoms with Crippen molar-refractivity contribution in [3.05, 3.63) is 24.3 Å². The Hall–Kier alpha value is -1.80. The van der Waals surface area contributed by atoms with E-state index in [1.165, 1.54) is 0 Å². The number of hydrogen-bond donors (Lipinski definition) is 1. The first-order valence-corrected chi connectivity index (χ1v) is 12.5. The fourth-order valence-electron chi connectivity index (χ4n) is 6.13. The van der Waals surface area contributed by atoms with Crippen LogP contribution in [-0.2, 0) is 14.4 Å². The van der Waals surface area contributed by atoms with Crippen molar-refractivity contribution < 1.29 is 19.5 Å². The van der Waals surface area contributed by atoms with Gasteiger partial charge in [0.2, 0.25) is 17.7 Å². The molecule has 0 aromatic heterocycles. The van der Waals surface area contributed by atoms with Crippen LogP contribution in [0.3, 0.4) is 0 Å². The van der Waals surface area contributed by atoms with Crippen LogP contribution in [0.5, 0.6) is 0 Å². The Kier molecular flexibility index (Phi) is 5.99. The molecule has 0 radical (unpaired) electrons. The van der Waals surface area contributed by atoms with E-state index in [2.05, 4.69) is 19.9 Å². The van der Waals surface area contributed by atoms with E-state index in [9.17, 15) is 19.5 Å². The average Bonchev–Trinajstić information content (AvgIpc) is 3.03. The van der Waals surface area contributed by atoms with Crippen molar-refractivity contribution >= 4 is 29.5 Å². The summed E-state index contributed by atoms with van der Waals surface area (Å²) in [7, 11) is 1.77. The lowest BCUT2D eigenvalue weighted by atomic mass is 9.74. The van der Waals surface area contributed by atoms with E-state index in [-0.39, 0.29) is 30.4 Å². The van der Waals surface area contributed by atoms with Gasteiger partial charge in [-0.05, 0) is 27.2 Å². The maximum Gasteiger partial charge on any atom is 0.247 e. The molecule has 0 saturated carbocycles. The Morgan fingerprint density at radius 3 is 2.41 bits per heavy atom. The van der Waals surface area contributed by atoms with Gasteiger partial charge in [0.05, 0.1) is 29.2 Å². The number of likely N-dealkylation sites (N-methyl/N-ethyl adjacent to an activating group) is 1. The number of aliphatic hydroxyl groups excluding tert-OH is 1. The maximum atomic E-state index is 14.1. The Bertz CT molecular complexity index is 875. The van der Waals surface area contributed by atoms with Gasteiger partial charge in [-0.2, -0.15) is 0 Å². The summed E-state index contributed by atoms with van der Waals surface area (Å²) in [5.74, 6) is -1.53. The highest BCUT2D eigenvalue weighted by Gasteiger charge is 2.74. The molecule has 7 nitrogen and oxygen atoms in total. The van der Waals surface area contributed by atoms with Gasteiger partial charge in [0.1, 0.15) is 6.04 Å². The highest BCUT2D eigenvalue weighted by atomic mass is 32.2. The number of thioether (sulfide) groups is 1. The Balaban J connectivity index is 1.88. The standard InChI is InChI=1S/C24H35N3O4S/c1-6-9-15(2)26-13-8-11-24-18(21(30)27(16(3)14-28)19(24)22(26)31)17-20(29)25(5)12-7-10-23(17,4)32-24/h7-8,10-11,15-19,28H,6,9,12-14H2,1-5H3/t15?,16-,17-,18+,19?,23+,24+/m1/s1. The minimum absolute atomic E-state index is 0.0489.